The van der Waals surface area contributed by atoms with E-state index in [-0.39, 0.29) is 17.9 Å². The lowest BCUT2D eigenvalue weighted by molar-refractivity contribution is -0.140. The normalized spacial score (nSPS) is 18.1. The van der Waals surface area contributed by atoms with E-state index in [1.54, 1.807) is 30.3 Å². The third-order valence-corrected chi connectivity index (χ3v) is 5.55. The van der Waals surface area contributed by atoms with Crippen LogP contribution in [0.4, 0.5) is 4.39 Å². The molecule has 30 heavy (non-hydrogen) atoms. The predicted octanol–water partition coefficient (Wildman–Crippen LogP) is 5.21. The van der Waals surface area contributed by atoms with Crippen LogP contribution in [-0.2, 0) is 16.1 Å². The number of ketones is 1. The summed E-state index contributed by atoms with van der Waals surface area (Å²) in [6, 6.07) is 20.8. The number of hydrogen-bond acceptors (Lipinski definition) is 3. The largest absolute Gasteiger partial charge is 0.507 e. The van der Waals surface area contributed by atoms with E-state index in [1.807, 2.05) is 30.3 Å². The summed E-state index contributed by atoms with van der Waals surface area (Å²) < 4.78 is 14.8. The van der Waals surface area contributed by atoms with Crippen molar-refractivity contribution in [3.8, 4) is 0 Å². The molecule has 1 heterocycles. The van der Waals surface area contributed by atoms with Gasteiger partial charge < -0.3 is 10.0 Å². The lowest BCUT2D eigenvalue weighted by Crippen LogP contribution is -2.29. The molecule has 1 fully saturated rings. The molecule has 0 bridgehead atoms. The number of rotatable bonds is 4. The Balaban J connectivity index is 1.87. The van der Waals surface area contributed by atoms with E-state index in [4.69, 9.17) is 0 Å². The molecule has 0 spiro atoms. The summed E-state index contributed by atoms with van der Waals surface area (Å²) in [5.41, 5.74) is 1.59. The van der Waals surface area contributed by atoms with Gasteiger partial charge in [0.05, 0.1) is 11.6 Å². The third-order valence-electron chi connectivity index (χ3n) is 5.02. The molecule has 0 saturated carbocycles. The summed E-state index contributed by atoms with van der Waals surface area (Å²) in [5.74, 6) is -2.29. The van der Waals surface area contributed by atoms with Crippen LogP contribution in [0.2, 0.25) is 0 Å². The second kappa shape index (κ2) is 8.24. The molecule has 1 N–H and O–H groups in total. The Morgan fingerprint density at radius 3 is 2.33 bits per heavy atom. The molecule has 4 rings (SSSR count). The van der Waals surface area contributed by atoms with E-state index in [0.29, 0.717) is 11.1 Å². The SMILES string of the molecule is O=C1C(=O)N(Cc2ccccc2)C(c2cccc(F)c2)C1=C(O)c1ccc(Br)cc1. The van der Waals surface area contributed by atoms with Crippen LogP contribution in [0, 0.1) is 5.82 Å². The first-order valence-electron chi connectivity index (χ1n) is 9.29. The zero-order chi connectivity index (χ0) is 21.3. The van der Waals surface area contributed by atoms with Gasteiger partial charge in [-0.15, -0.1) is 0 Å². The summed E-state index contributed by atoms with van der Waals surface area (Å²) in [5, 5.41) is 11.0. The first-order chi connectivity index (χ1) is 14.5. The van der Waals surface area contributed by atoms with Crippen molar-refractivity contribution in [2.75, 3.05) is 0 Å². The van der Waals surface area contributed by atoms with Crippen molar-refractivity contribution in [2.45, 2.75) is 12.6 Å². The van der Waals surface area contributed by atoms with Crippen LogP contribution in [0.3, 0.4) is 0 Å². The summed E-state index contributed by atoms with van der Waals surface area (Å²) in [6.07, 6.45) is 0. The minimum Gasteiger partial charge on any atom is -0.507 e. The highest BCUT2D eigenvalue weighted by molar-refractivity contribution is 9.10. The third kappa shape index (κ3) is 3.78. The van der Waals surface area contributed by atoms with Crippen molar-refractivity contribution in [1.29, 1.82) is 0 Å². The number of Topliss-reactive ketones (excluding diaryl/α,β-unsaturated/α-hetero) is 1. The Kier molecular flexibility index (Phi) is 5.50. The van der Waals surface area contributed by atoms with Crippen LogP contribution in [0.1, 0.15) is 22.7 Å². The van der Waals surface area contributed by atoms with Gasteiger partial charge in [-0.2, -0.15) is 0 Å². The summed E-state index contributed by atoms with van der Waals surface area (Å²) in [6.45, 7) is 0.156. The van der Waals surface area contributed by atoms with Crippen LogP contribution < -0.4 is 0 Å². The number of hydrogen-bond donors (Lipinski definition) is 1. The van der Waals surface area contributed by atoms with E-state index < -0.39 is 23.5 Å². The number of amides is 1. The van der Waals surface area contributed by atoms with Crippen molar-refractivity contribution >= 4 is 33.4 Å². The average Bonchev–Trinajstić information content (AvgIpc) is 2.99. The number of aliphatic hydroxyl groups is 1. The molecular formula is C24H17BrFNO3. The molecule has 6 heteroatoms. The number of halogens is 2. The van der Waals surface area contributed by atoms with Crippen molar-refractivity contribution in [3.05, 3.63) is 111 Å². The van der Waals surface area contributed by atoms with E-state index in [9.17, 15) is 19.1 Å². The summed E-state index contributed by atoms with van der Waals surface area (Å²) >= 11 is 3.33. The highest BCUT2D eigenvalue weighted by Crippen LogP contribution is 2.40. The van der Waals surface area contributed by atoms with Crippen molar-refractivity contribution in [2.24, 2.45) is 0 Å². The van der Waals surface area contributed by atoms with Gasteiger partial charge in [-0.25, -0.2) is 4.39 Å². The molecule has 1 aliphatic rings. The maximum Gasteiger partial charge on any atom is 0.295 e. The Labute approximate surface area is 181 Å². The fourth-order valence-corrected chi connectivity index (χ4v) is 3.87. The molecule has 1 aliphatic heterocycles. The Bertz CT molecular complexity index is 1140. The fourth-order valence-electron chi connectivity index (χ4n) is 3.61. The van der Waals surface area contributed by atoms with E-state index in [2.05, 4.69) is 15.9 Å². The van der Waals surface area contributed by atoms with Crippen molar-refractivity contribution < 1.29 is 19.1 Å². The second-order valence-corrected chi connectivity index (χ2v) is 7.89. The van der Waals surface area contributed by atoms with Gasteiger partial charge in [-0.3, -0.25) is 9.59 Å². The quantitative estimate of drug-likeness (QED) is 0.326. The van der Waals surface area contributed by atoms with E-state index >= 15 is 0 Å². The summed E-state index contributed by atoms with van der Waals surface area (Å²) in [7, 11) is 0. The molecule has 1 atom stereocenters. The number of aliphatic hydroxyl groups excluding tert-OH is 1. The Hall–Kier alpha value is -3.25. The number of likely N-dealkylation sites (tertiary alicyclic amines) is 1. The van der Waals surface area contributed by atoms with Crippen LogP contribution in [0.15, 0.2) is 88.9 Å². The van der Waals surface area contributed by atoms with E-state index in [0.717, 1.165) is 10.0 Å². The van der Waals surface area contributed by atoms with Crippen LogP contribution in [-0.4, -0.2) is 21.7 Å². The molecule has 150 valence electrons. The smallest absolute Gasteiger partial charge is 0.295 e. The van der Waals surface area contributed by atoms with Gasteiger partial charge in [0.25, 0.3) is 11.7 Å². The fraction of sp³-hybridized carbons (Fsp3) is 0.0833. The van der Waals surface area contributed by atoms with Gasteiger partial charge in [0.1, 0.15) is 11.6 Å². The van der Waals surface area contributed by atoms with Gasteiger partial charge in [-0.1, -0.05) is 70.5 Å². The number of benzene rings is 3. The zero-order valence-corrected chi connectivity index (χ0v) is 17.3. The van der Waals surface area contributed by atoms with Crippen LogP contribution in [0.25, 0.3) is 5.76 Å². The van der Waals surface area contributed by atoms with Gasteiger partial charge in [0.2, 0.25) is 0 Å². The minimum atomic E-state index is -0.899. The number of carbonyl (C=O) groups excluding carboxylic acids is 2. The minimum absolute atomic E-state index is 0.0520. The molecule has 3 aromatic carbocycles. The predicted molar refractivity (Wildman–Crippen MR) is 115 cm³/mol. The highest BCUT2D eigenvalue weighted by Gasteiger charge is 2.46. The Morgan fingerprint density at radius 1 is 0.967 bits per heavy atom. The topological polar surface area (TPSA) is 57.6 Å². The van der Waals surface area contributed by atoms with Crippen LogP contribution in [0.5, 0.6) is 0 Å². The van der Waals surface area contributed by atoms with Gasteiger partial charge in [0.15, 0.2) is 0 Å². The molecule has 3 aromatic rings. The molecule has 0 aromatic heterocycles. The standard InChI is InChI=1S/C24H17BrFNO3/c25-18-11-9-16(10-12-18)22(28)20-21(17-7-4-8-19(26)13-17)27(24(30)23(20)29)14-15-5-2-1-3-6-15/h1-13,21,28H,14H2. The second-order valence-electron chi connectivity index (χ2n) is 6.97. The van der Waals surface area contributed by atoms with Crippen LogP contribution >= 0.6 is 15.9 Å². The number of carbonyl (C=O) groups is 2. The molecule has 1 saturated heterocycles. The average molecular weight is 466 g/mol. The first-order valence-corrected chi connectivity index (χ1v) is 10.1. The van der Waals surface area contributed by atoms with Crippen molar-refractivity contribution in [1.82, 2.24) is 4.90 Å². The Morgan fingerprint density at radius 2 is 1.67 bits per heavy atom. The molecular weight excluding hydrogens is 449 g/mol. The molecule has 1 unspecified atom stereocenters. The molecule has 0 radical (unpaired) electrons. The zero-order valence-electron chi connectivity index (χ0n) is 15.8. The van der Waals surface area contributed by atoms with Crippen molar-refractivity contribution in [3.63, 3.8) is 0 Å². The highest BCUT2D eigenvalue weighted by atomic mass is 79.9. The molecule has 4 nitrogen and oxygen atoms in total. The van der Waals surface area contributed by atoms with Gasteiger partial charge in [-0.05, 0) is 35.4 Å². The maximum atomic E-state index is 14.0. The first kappa shape index (κ1) is 20.0. The summed E-state index contributed by atoms with van der Waals surface area (Å²) in [4.78, 5) is 27.2. The molecule has 0 aliphatic carbocycles. The lowest BCUT2D eigenvalue weighted by atomic mass is 9.95. The monoisotopic (exact) mass is 465 g/mol. The molecule has 1 amide bonds. The van der Waals surface area contributed by atoms with E-state index in [1.165, 1.54) is 23.1 Å². The maximum absolute atomic E-state index is 14.0. The lowest BCUT2D eigenvalue weighted by Gasteiger charge is -2.25. The van der Waals surface area contributed by atoms with Gasteiger partial charge >= 0.3 is 0 Å². The van der Waals surface area contributed by atoms with Gasteiger partial charge in [0, 0.05) is 16.6 Å². The number of nitrogens with zero attached hydrogens (tertiary/aromatic N) is 1.